The molecule has 0 amide bonds. The quantitative estimate of drug-likeness (QED) is 0.673. The van der Waals surface area contributed by atoms with Gasteiger partial charge in [0.15, 0.2) is 0 Å². The number of rotatable bonds is 7. The van der Waals surface area contributed by atoms with E-state index in [-0.39, 0.29) is 0 Å². The van der Waals surface area contributed by atoms with Crippen LogP contribution in [0.5, 0.6) is 0 Å². The predicted molar refractivity (Wildman–Crippen MR) is 62.5 cm³/mol. The van der Waals surface area contributed by atoms with Gasteiger partial charge >= 0.3 is 0 Å². The third-order valence-corrected chi connectivity index (χ3v) is 3.43. The van der Waals surface area contributed by atoms with Crippen LogP contribution >= 0.6 is 0 Å². The van der Waals surface area contributed by atoms with Crippen LogP contribution in [0.15, 0.2) is 0 Å². The van der Waals surface area contributed by atoms with E-state index in [1.54, 1.807) is 0 Å². The Morgan fingerprint density at radius 3 is 2.57 bits per heavy atom. The average molecular weight is 198 g/mol. The lowest BCUT2D eigenvalue weighted by Gasteiger charge is -2.31. The monoisotopic (exact) mass is 198 g/mol. The molecule has 0 aromatic rings. The second kappa shape index (κ2) is 6.41. The molecule has 1 atom stereocenters. The lowest BCUT2D eigenvalue weighted by atomic mass is 9.85. The topological polar surface area (TPSA) is 15.3 Å². The maximum absolute atomic E-state index is 3.28. The van der Waals surface area contributed by atoms with E-state index in [9.17, 15) is 0 Å². The fourth-order valence-electron chi connectivity index (χ4n) is 2.26. The van der Waals surface area contributed by atoms with Gasteiger partial charge < -0.3 is 10.2 Å². The first-order valence-corrected chi connectivity index (χ1v) is 6.09. The minimum Gasteiger partial charge on any atom is -0.319 e. The molecule has 0 aromatic heterocycles. The summed E-state index contributed by atoms with van der Waals surface area (Å²) in [4.78, 5) is 2.52. The first-order valence-electron chi connectivity index (χ1n) is 6.09. The molecule has 14 heavy (non-hydrogen) atoms. The van der Waals surface area contributed by atoms with Crippen molar-refractivity contribution in [3.63, 3.8) is 0 Å². The lowest BCUT2D eigenvalue weighted by molar-refractivity contribution is 0.183. The zero-order chi connectivity index (χ0) is 10.4. The van der Waals surface area contributed by atoms with E-state index in [1.807, 2.05) is 0 Å². The largest absolute Gasteiger partial charge is 0.319 e. The van der Waals surface area contributed by atoms with Crippen LogP contribution in [0.4, 0.5) is 0 Å². The standard InChI is InChI=1S/C12H26N2/c1-4-11(8-13-2)9-14(3)10-12-6-5-7-12/h11-13H,4-10H2,1-3H3. The smallest absolute Gasteiger partial charge is 0.00188 e. The zero-order valence-electron chi connectivity index (χ0n) is 10.1. The molecule has 1 saturated carbocycles. The van der Waals surface area contributed by atoms with E-state index in [1.165, 1.54) is 38.8 Å². The van der Waals surface area contributed by atoms with Gasteiger partial charge in [0, 0.05) is 13.1 Å². The molecule has 2 nitrogen and oxygen atoms in total. The first-order chi connectivity index (χ1) is 6.76. The molecule has 84 valence electrons. The summed E-state index contributed by atoms with van der Waals surface area (Å²) in [6, 6.07) is 0. The van der Waals surface area contributed by atoms with Gasteiger partial charge in [-0.1, -0.05) is 19.8 Å². The number of nitrogens with zero attached hydrogens (tertiary/aromatic N) is 1. The zero-order valence-corrected chi connectivity index (χ0v) is 10.1. The summed E-state index contributed by atoms with van der Waals surface area (Å²) < 4.78 is 0. The van der Waals surface area contributed by atoms with Crippen molar-refractivity contribution in [3.8, 4) is 0 Å². The Morgan fingerprint density at radius 1 is 1.43 bits per heavy atom. The summed E-state index contributed by atoms with van der Waals surface area (Å²) in [5.41, 5.74) is 0. The summed E-state index contributed by atoms with van der Waals surface area (Å²) in [6.45, 7) is 6.03. The molecule has 0 spiro atoms. The lowest BCUT2D eigenvalue weighted by Crippen LogP contribution is -2.35. The predicted octanol–water partition coefficient (Wildman–Crippen LogP) is 1.96. The summed E-state index contributed by atoms with van der Waals surface area (Å²) in [7, 11) is 4.32. The molecular formula is C12H26N2. The molecule has 0 heterocycles. The van der Waals surface area contributed by atoms with Crippen molar-refractivity contribution in [2.24, 2.45) is 11.8 Å². The highest BCUT2D eigenvalue weighted by Gasteiger charge is 2.19. The van der Waals surface area contributed by atoms with Crippen LogP contribution in [0.25, 0.3) is 0 Å². The van der Waals surface area contributed by atoms with E-state index in [2.05, 4.69) is 31.2 Å². The molecule has 1 aliphatic rings. The van der Waals surface area contributed by atoms with Crippen LogP contribution in [0.3, 0.4) is 0 Å². The van der Waals surface area contributed by atoms with Crippen molar-refractivity contribution in [2.75, 3.05) is 33.7 Å². The highest BCUT2D eigenvalue weighted by Crippen LogP contribution is 2.26. The van der Waals surface area contributed by atoms with Crippen molar-refractivity contribution in [2.45, 2.75) is 32.6 Å². The van der Waals surface area contributed by atoms with Gasteiger partial charge in [-0.3, -0.25) is 0 Å². The van der Waals surface area contributed by atoms with Gasteiger partial charge in [-0.15, -0.1) is 0 Å². The Morgan fingerprint density at radius 2 is 2.14 bits per heavy atom. The molecule has 0 radical (unpaired) electrons. The molecule has 0 aliphatic heterocycles. The van der Waals surface area contributed by atoms with E-state index in [0.29, 0.717) is 0 Å². The van der Waals surface area contributed by atoms with Crippen molar-refractivity contribution >= 4 is 0 Å². The molecule has 1 rings (SSSR count). The molecule has 1 N–H and O–H groups in total. The van der Waals surface area contributed by atoms with Gasteiger partial charge in [-0.05, 0) is 45.3 Å². The molecule has 1 aliphatic carbocycles. The molecule has 0 saturated heterocycles. The fourth-order valence-corrected chi connectivity index (χ4v) is 2.26. The number of hydrogen-bond acceptors (Lipinski definition) is 2. The summed E-state index contributed by atoms with van der Waals surface area (Å²) in [5.74, 6) is 1.83. The molecule has 0 aromatic carbocycles. The van der Waals surface area contributed by atoms with Gasteiger partial charge in [0.05, 0.1) is 0 Å². The van der Waals surface area contributed by atoms with E-state index < -0.39 is 0 Å². The van der Waals surface area contributed by atoms with Crippen molar-refractivity contribution in [1.82, 2.24) is 10.2 Å². The van der Waals surface area contributed by atoms with Crippen molar-refractivity contribution in [1.29, 1.82) is 0 Å². The number of hydrogen-bond donors (Lipinski definition) is 1. The van der Waals surface area contributed by atoms with Crippen molar-refractivity contribution in [3.05, 3.63) is 0 Å². The van der Waals surface area contributed by atoms with Crippen LogP contribution in [0.1, 0.15) is 32.6 Å². The Balaban J connectivity index is 2.12. The maximum Gasteiger partial charge on any atom is 0.00188 e. The van der Waals surface area contributed by atoms with Gasteiger partial charge in [-0.2, -0.15) is 0 Å². The highest BCUT2D eigenvalue weighted by molar-refractivity contribution is 4.74. The van der Waals surface area contributed by atoms with Crippen LogP contribution < -0.4 is 5.32 Å². The molecular weight excluding hydrogens is 172 g/mol. The normalized spacial score (nSPS) is 19.7. The average Bonchev–Trinajstić information content (AvgIpc) is 2.11. The maximum atomic E-state index is 3.28. The minimum absolute atomic E-state index is 0.824. The summed E-state index contributed by atoms with van der Waals surface area (Å²) >= 11 is 0. The van der Waals surface area contributed by atoms with E-state index in [4.69, 9.17) is 0 Å². The molecule has 1 fully saturated rings. The van der Waals surface area contributed by atoms with Crippen LogP contribution in [-0.2, 0) is 0 Å². The SMILES string of the molecule is CCC(CNC)CN(C)CC1CCC1. The summed E-state index contributed by atoms with van der Waals surface area (Å²) in [5, 5.41) is 3.28. The molecule has 2 heteroatoms. The third kappa shape index (κ3) is 3.97. The second-order valence-corrected chi connectivity index (χ2v) is 4.85. The third-order valence-electron chi connectivity index (χ3n) is 3.43. The fraction of sp³-hybridized carbons (Fsp3) is 1.00. The van der Waals surface area contributed by atoms with Crippen LogP contribution in [0.2, 0.25) is 0 Å². The molecule has 0 bridgehead atoms. The Bertz CT molecular complexity index is 143. The minimum atomic E-state index is 0.824. The highest BCUT2D eigenvalue weighted by atomic mass is 15.1. The Kier molecular flexibility index (Phi) is 5.49. The second-order valence-electron chi connectivity index (χ2n) is 4.85. The van der Waals surface area contributed by atoms with E-state index >= 15 is 0 Å². The van der Waals surface area contributed by atoms with Crippen LogP contribution in [0, 0.1) is 11.8 Å². The number of nitrogens with one attached hydrogen (secondary N) is 1. The van der Waals surface area contributed by atoms with Gasteiger partial charge in [0.1, 0.15) is 0 Å². The van der Waals surface area contributed by atoms with E-state index in [0.717, 1.165) is 18.4 Å². The van der Waals surface area contributed by atoms with Gasteiger partial charge in [0.2, 0.25) is 0 Å². The first kappa shape index (κ1) is 12.0. The molecule has 1 unspecified atom stereocenters. The van der Waals surface area contributed by atoms with Crippen LogP contribution in [-0.4, -0.2) is 38.6 Å². The van der Waals surface area contributed by atoms with Crippen molar-refractivity contribution < 1.29 is 0 Å². The Labute approximate surface area is 89.1 Å². The summed E-state index contributed by atoms with van der Waals surface area (Å²) in [6.07, 6.45) is 5.68. The van der Waals surface area contributed by atoms with Gasteiger partial charge in [0.25, 0.3) is 0 Å². The van der Waals surface area contributed by atoms with Gasteiger partial charge in [-0.25, -0.2) is 0 Å². The Hall–Kier alpha value is -0.0800.